The Morgan fingerprint density at radius 1 is 0.882 bits per heavy atom. The average Bonchev–Trinajstić information content (AvgIpc) is 2.39. The van der Waals surface area contributed by atoms with Crippen LogP contribution >= 0.6 is 0 Å². The molecule has 0 radical (unpaired) electrons. The minimum absolute atomic E-state index is 0.253. The molecule has 0 saturated heterocycles. The van der Waals surface area contributed by atoms with E-state index >= 15 is 0 Å². The van der Waals surface area contributed by atoms with Gasteiger partial charge in [0, 0.05) is 11.1 Å². The van der Waals surface area contributed by atoms with Gasteiger partial charge in [-0.25, -0.2) is 0 Å². The van der Waals surface area contributed by atoms with Crippen molar-refractivity contribution in [1.29, 1.82) is 0 Å². The molecule has 0 heterocycles. The third-order valence-corrected chi connectivity index (χ3v) is 2.76. The summed E-state index contributed by atoms with van der Waals surface area (Å²) in [5.41, 5.74) is 3.41. The fourth-order valence-electron chi connectivity index (χ4n) is 1.87. The van der Waals surface area contributed by atoms with Crippen LogP contribution in [0.3, 0.4) is 0 Å². The number of aromatic hydroxyl groups is 1. The zero-order valence-electron chi connectivity index (χ0n) is 9.56. The summed E-state index contributed by atoms with van der Waals surface area (Å²) >= 11 is 0. The second-order valence-electron chi connectivity index (χ2n) is 3.74. The Labute approximate surface area is 101 Å². The van der Waals surface area contributed by atoms with E-state index < -0.39 is 0 Å². The summed E-state index contributed by atoms with van der Waals surface area (Å²) in [5, 5.41) is 10.2. The van der Waals surface area contributed by atoms with E-state index in [0.29, 0.717) is 0 Å². The van der Waals surface area contributed by atoms with E-state index in [4.69, 9.17) is 0 Å². The molecule has 2 aromatic rings. The average molecular weight is 222 g/mol. The van der Waals surface area contributed by atoms with Crippen molar-refractivity contribution in [2.45, 2.75) is 0 Å². The number of hydrogen-bond acceptors (Lipinski definition) is 1. The summed E-state index contributed by atoms with van der Waals surface area (Å²) in [7, 11) is 0. The molecule has 2 rings (SSSR count). The number of benzene rings is 2. The predicted octanol–water partition coefficient (Wildman–Crippen LogP) is 4.35. The van der Waals surface area contributed by atoms with Gasteiger partial charge in [0.25, 0.3) is 0 Å². The first-order valence-corrected chi connectivity index (χ1v) is 5.44. The van der Waals surface area contributed by atoms with Crippen LogP contribution in [0.25, 0.3) is 23.3 Å². The van der Waals surface area contributed by atoms with E-state index in [2.05, 4.69) is 13.2 Å². The van der Waals surface area contributed by atoms with Crippen LogP contribution in [0.4, 0.5) is 0 Å². The van der Waals surface area contributed by atoms with Gasteiger partial charge in [-0.2, -0.15) is 0 Å². The van der Waals surface area contributed by atoms with Crippen LogP contribution in [-0.2, 0) is 0 Å². The normalized spacial score (nSPS) is 9.88. The molecule has 0 amide bonds. The summed E-state index contributed by atoms with van der Waals surface area (Å²) in [6.07, 6.45) is 3.37. The second-order valence-corrected chi connectivity index (χ2v) is 3.74. The van der Waals surface area contributed by atoms with E-state index in [1.807, 2.05) is 42.5 Å². The lowest BCUT2D eigenvalue weighted by Crippen LogP contribution is -1.86. The zero-order valence-corrected chi connectivity index (χ0v) is 9.56. The molecule has 0 aromatic heterocycles. The third kappa shape index (κ3) is 2.00. The third-order valence-electron chi connectivity index (χ3n) is 2.76. The fourth-order valence-corrected chi connectivity index (χ4v) is 1.87. The smallest absolute Gasteiger partial charge is 0.131 e. The number of rotatable bonds is 3. The van der Waals surface area contributed by atoms with Crippen LogP contribution in [0.2, 0.25) is 0 Å². The Balaban J connectivity index is 2.65. The Morgan fingerprint density at radius 3 is 2.18 bits per heavy atom. The number of hydrogen-bond donors (Lipinski definition) is 1. The van der Waals surface area contributed by atoms with Crippen molar-refractivity contribution in [2.24, 2.45) is 0 Å². The molecule has 0 fully saturated rings. The molecular formula is C16H14O. The first kappa shape index (κ1) is 11.2. The van der Waals surface area contributed by atoms with Crippen molar-refractivity contribution >= 4 is 12.2 Å². The maximum atomic E-state index is 10.2. The quantitative estimate of drug-likeness (QED) is 0.818. The Bertz CT molecular complexity index is 553. The van der Waals surface area contributed by atoms with Gasteiger partial charge in [0.1, 0.15) is 5.75 Å². The Hall–Kier alpha value is -2.28. The van der Waals surface area contributed by atoms with Crippen LogP contribution in [0.1, 0.15) is 11.1 Å². The van der Waals surface area contributed by atoms with Gasteiger partial charge in [-0.05, 0) is 11.1 Å². The lowest BCUT2D eigenvalue weighted by Gasteiger charge is -2.10. The highest BCUT2D eigenvalue weighted by molar-refractivity contribution is 5.80. The monoisotopic (exact) mass is 222 g/mol. The molecule has 0 aliphatic heterocycles. The van der Waals surface area contributed by atoms with Crippen LogP contribution in [-0.4, -0.2) is 5.11 Å². The fraction of sp³-hybridized carbons (Fsp3) is 0. The van der Waals surface area contributed by atoms with Crippen LogP contribution in [0, 0.1) is 0 Å². The van der Waals surface area contributed by atoms with E-state index in [-0.39, 0.29) is 5.75 Å². The van der Waals surface area contributed by atoms with E-state index in [1.165, 1.54) is 0 Å². The SMILES string of the molecule is C=Cc1ccc(-c2ccccc2)c(O)c1C=C. The summed E-state index contributed by atoms with van der Waals surface area (Å²) in [4.78, 5) is 0. The van der Waals surface area contributed by atoms with Gasteiger partial charge in [0.15, 0.2) is 0 Å². The molecule has 0 aliphatic rings. The van der Waals surface area contributed by atoms with E-state index in [9.17, 15) is 5.11 Å². The van der Waals surface area contributed by atoms with Gasteiger partial charge < -0.3 is 5.11 Å². The summed E-state index contributed by atoms with van der Waals surface area (Å²) in [5.74, 6) is 0.253. The summed E-state index contributed by atoms with van der Waals surface area (Å²) in [6.45, 7) is 7.45. The predicted molar refractivity (Wildman–Crippen MR) is 73.7 cm³/mol. The summed E-state index contributed by atoms with van der Waals surface area (Å²) in [6, 6.07) is 13.6. The molecule has 1 nitrogen and oxygen atoms in total. The minimum atomic E-state index is 0.253. The van der Waals surface area contributed by atoms with Crippen molar-refractivity contribution in [2.75, 3.05) is 0 Å². The van der Waals surface area contributed by atoms with Gasteiger partial charge >= 0.3 is 0 Å². The molecule has 2 aromatic carbocycles. The molecule has 1 heteroatoms. The first-order chi connectivity index (χ1) is 8.27. The molecule has 17 heavy (non-hydrogen) atoms. The lowest BCUT2D eigenvalue weighted by atomic mass is 9.97. The number of phenols is 1. The number of phenolic OH excluding ortho intramolecular Hbond substituents is 1. The van der Waals surface area contributed by atoms with Crippen LogP contribution in [0.15, 0.2) is 55.6 Å². The molecule has 0 aliphatic carbocycles. The topological polar surface area (TPSA) is 20.2 Å². The van der Waals surface area contributed by atoms with Crippen LogP contribution in [0.5, 0.6) is 5.75 Å². The summed E-state index contributed by atoms with van der Waals surface area (Å²) < 4.78 is 0. The van der Waals surface area contributed by atoms with Gasteiger partial charge in [-0.1, -0.05) is 67.8 Å². The maximum Gasteiger partial charge on any atom is 0.131 e. The van der Waals surface area contributed by atoms with Crippen molar-refractivity contribution in [1.82, 2.24) is 0 Å². The second kappa shape index (κ2) is 4.71. The van der Waals surface area contributed by atoms with E-state index in [1.54, 1.807) is 12.2 Å². The first-order valence-electron chi connectivity index (χ1n) is 5.44. The highest BCUT2D eigenvalue weighted by atomic mass is 16.3. The molecule has 0 saturated carbocycles. The van der Waals surface area contributed by atoms with Gasteiger partial charge in [-0.15, -0.1) is 0 Å². The van der Waals surface area contributed by atoms with Gasteiger partial charge in [0.05, 0.1) is 0 Å². The molecule has 1 N–H and O–H groups in total. The molecule has 0 unspecified atom stereocenters. The standard InChI is InChI=1S/C16H14O/c1-3-12-10-11-15(16(17)14(12)4-2)13-8-6-5-7-9-13/h3-11,17H,1-2H2. The molecule has 0 bridgehead atoms. The van der Waals surface area contributed by atoms with Crippen molar-refractivity contribution in [3.8, 4) is 16.9 Å². The molecule has 84 valence electrons. The molecular weight excluding hydrogens is 208 g/mol. The maximum absolute atomic E-state index is 10.2. The highest BCUT2D eigenvalue weighted by Crippen LogP contribution is 2.35. The van der Waals surface area contributed by atoms with Crippen LogP contribution < -0.4 is 0 Å². The van der Waals surface area contributed by atoms with Gasteiger partial charge in [0.2, 0.25) is 0 Å². The van der Waals surface area contributed by atoms with Gasteiger partial charge in [-0.3, -0.25) is 0 Å². The Morgan fingerprint density at radius 2 is 1.59 bits per heavy atom. The van der Waals surface area contributed by atoms with Crippen molar-refractivity contribution < 1.29 is 5.11 Å². The van der Waals surface area contributed by atoms with Crippen molar-refractivity contribution in [3.05, 3.63) is 66.7 Å². The molecule has 0 atom stereocenters. The van der Waals surface area contributed by atoms with Crippen molar-refractivity contribution in [3.63, 3.8) is 0 Å². The highest BCUT2D eigenvalue weighted by Gasteiger charge is 2.09. The Kier molecular flexibility index (Phi) is 3.10. The zero-order chi connectivity index (χ0) is 12.3. The largest absolute Gasteiger partial charge is 0.507 e. The lowest BCUT2D eigenvalue weighted by molar-refractivity contribution is 0.476. The van der Waals surface area contributed by atoms with E-state index in [0.717, 1.165) is 22.3 Å². The minimum Gasteiger partial charge on any atom is -0.507 e. The molecule has 0 spiro atoms.